The minimum atomic E-state index is -0.511. The summed E-state index contributed by atoms with van der Waals surface area (Å²) >= 11 is 1.57. The highest BCUT2D eigenvalue weighted by atomic mass is 32.1. The van der Waals surface area contributed by atoms with Crippen LogP contribution in [0, 0.1) is 0 Å². The summed E-state index contributed by atoms with van der Waals surface area (Å²) in [6.45, 7) is 7.84. The fourth-order valence-electron chi connectivity index (χ4n) is 3.23. The number of hydrogen-bond donors (Lipinski definition) is 1. The monoisotopic (exact) mass is 401 g/mol. The van der Waals surface area contributed by atoms with Crippen LogP contribution < -0.4 is 5.32 Å². The predicted molar refractivity (Wildman–Crippen MR) is 111 cm³/mol. The number of nitrogens with one attached hydrogen (secondary N) is 1. The van der Waals surface area contributed by atoms with Crippen molar-refractivity contribution >= 4 is 29.0 Å². The molecule has 28 heavy (non-hydrogen) atoms. The highest BCUT2D eigenvalue weighted by molar-refractivity contribution is 7.10. The third kappa shape index (κ3) is 5.10. The molecular weight excluding hydrogens is 374 g/mol. The Hall–Kier alpha value is -2.41. The lowest BCUT2D eigenvalue weighted by Gasteiger charge is -2.35. The number of likely N-dealkylation sites (tertiary alicyclic amines) is 1. The molecule has 1 atom stereocenters. The molecule has 0 aliphatic carbocycles. The van der Waals surface area contributed by atoms with Crippen LogP contribution in [0.1, 0.15) is 58.0 Å². The molecule has 1 unspecified atom stereocenters. The molecule has 0 spiro atoms. The molecule has 1 N–H and O–H groups in total. The Morgan fingerprint density at radius 1 is 1.21 bits per heavy atom. The molecule has 1 aromatic carbocycles. The third-order valence-electron chi connectivity index (χ3n) is 4.44. The molecule has 1 saturated heterocycles. The van der Waals surface area contributed by atoms with E-state index in [0.717, 1.165) is 41.2 Å². The molecule has 3 rings (SSSR count). The number of carbonyl (C=O) groups is 2. The molecule has 1 aliphatic rings. The normalized spacial score (nSPS) is 17.3. The van der Waals surface area contributed by atoms with E-state index in [0.29, 0.717) is 6.54 Å². The van der Waals surface area contributed by atoms with Crippen LogP contribution >= 0.6 is 11.3 Å². The standard InChI is InChI=1S/C21H27N3O3S/c1-14(25)22-16-10-8-15(9-11-16)17-13-28-19(23-17)18-7-5-6-12-24(18)20(26)27-21(2,3)4/h8-11,13,18H,5-7,12H2,1-4H3,(H,22,25). The molecule has 0 bridgehead atoms. The third-order valence-corrected chi connectivity index (χ3v) is 5.38. The molecule has 6 nitrogen and oxygen atoms in total. The first-order chi connectivity index (χ1) is 13.2. The summed E-state index contributed by atoms with van der Waals surface area (Å²) < 4.78 is 5.59. The fourth-order valence-corrected chi connectivity index (χ4v) is 4.20. The van der Waals surface area contributed by atoms with E-state index in [1.165, 1.54) is 6.92 Å². The first-order valence-corrected chi connectivity index (χ1v) is 10.4. The van der Waals surface area contributed by atoms with E-state index in [4.69, 9.17) is 9.72 Å². The van der Waals surface area contributed by atoms with Gasteiger partial charge in [0.25, 0.3) is 0 Å². The summed E-state index contributed by atoms with van der Waals surface area (Å²) in [6, 6.07) is 7.57. The van der Waals surface area contributed by atoms with Crippen LogP contribution in [0.25, 0.3) is 11.3 Å². The van der Waals surface area contributed by atoms with E-state index >= 15 is 0 Å². The first kappa shape index (κ1) is 20.3. The van der Waals surface area contributed by atoms with Gasteiger partial charge in [-0.3, -0.25) is 9.69 Å². The highest BCUT2D eigenvalue weighted by Crippen LogP contribution is 2.35. The van der Waals surface area contributed by atoms with Gasteiger partial charge in [-0.05, 0) is 52.2 Å². The van der Waals surface area contributed by atoms with E-state index in [1.807, 2.05) is 55.3 Å². The number of benzene rings is 1. The number of thiazole rings is 1. The number of amides is 2. The Labute approximate surface area is 169 Å². The molecule has 1 aromatic heterocycles. The van der Waals surface area contributed by atoms with Crippen molar-refractivity contribution in [1.29, 1.82) is 0 Å². The molecule has 1 aliphatic heterocycles. The van der Waals surface area contributed by atoms with Crippen molar-refractivity contribution in [1.82, 2.24) is 9.88 Å². The zero-order valence-corrected chi connectivity index (χ0v) is 17.6. The van der Waals surface area contributed by atoms with Gasteiger partial charge in [-0.1, -0.05) is 12.1 Å². The number of aromatic nitrogens is 1. The SMILES string of the molecule is CC(=O)Nc1ccc(-c2csc(C3CCCCN3C(=O)OC(C)(C)C)n2)cc1. The fraction of sp³-hybridized carbons (Fsp3) is 0.476. The van der Waals surface area contributed by atoms with Gasteiger partial charge in [-0.25, -0.2) is 9.78 Å². The first-order valence-electron chi connectivity index (χ1n) is 9.56. The lowest BCUT2D eigenvalue weighted by Crippen LogP contribution is -2.41. The molecule has 1 fully saturated rings. The number of piperidine rings is 1. The minimum absolute atomic E-state index is 0.0407. The van der Waals surface area contributed by atoms with Gasteiger partial charge in [-0.15, -0.1) is 11.3 Å². The highest BCUT2D eigenvalue weighted by Gasteiger charge is 2.33. The minimum Gasteiger partial charge on any atom is -0.444 e. The maximum atomic E-state index is 12.6. The van der Waals surface area contributed by atoms with Crippen LogP contribution in [0.2, 0.25) is 0 Å². The second kappa shape index (κ2) is 8.31. The van der Waals surface area contributed by atoms with Gasteiger partial charge in [0, 0.05) is 30.1 Å². The number of hydrogen-bond acceptors (Lipinski definition) is 5. The summed E-state index contributed by atoms with van der Waals surface area (Å²) in [4.78, 5) is 30.4. The summed E-state index contributed by atoms with van der Waals surface area (Å²) in [5.41, 5.74) is 2.11. The topological polar surface area (TPSA) is 71.5 Å². The van der Waals surface area contributed by atoms with Gasteiger partial charge >= 0.3 is 6.09 Å². The lowest BCUT2D eigenvalue weighted by molar-refractivity contribution is -0.114. The molecular formula is C21H27N3O3S. The molecule has 7 heteroatoms. The summed E-state index contributed by atoms with van der Waals surface area (Å²) in [6.07, 6.45) is 2.69. The summed E-state index contributed by atoms with van der Waals surface area (Å²) in [5.74, 6) is -0.0942. The zero-order valence-electron chi connectivity index (χ0n) is 16.8. The Balaban J connectivity index is 1.77. The number of ether oxygens (including phenoxy) is 1. The van der Waals surface area contributed by atoms with Crippen LogP contribution in [-0.4, -0.2) is 34.0 Å². The molecule has 2 heterocycles. The Kier molecular flexibility index (Phi) is 6.03. The van der Waals surface area contributed by atoms with Gasteiger partial charge in [0.15, 0.2) is 0 Å². The number of anilines is 1. The van der Waals surface area contributed by atoms with Gasteiger partial charge in [0.1, 0.15) is 10.6 Å². The molecule has 150 valence electrons. The molecule has 2 amide bonds. The van der Waals surface area contributed by atoms with Crippen molar-refractivity contribution in [2.45, 2.75) is 58.6 Å². The van der Waals surface area contributed by atoms with Crippen LogP contribution in [0.4, 0.5) is 10.5 Å². The predicted octanol–water partition coefficient (Wildman–Crippen LogP) is 5.23. The second-order valence-corrected chi connectivity index (χ2v) is 8.90. The van der Waals surface area contributed by atoms with Crippen molar-refractivity contribution in [2.24, 2.45) is 0 Å². The summed E-state index contributed by atoms with van der Waals surface area (Å²) in [5, 5.41) is 5.72. The van der Waals surface area contributed by atoms with E-state index < -0.39 is 5.60 Å². The number of rotatable bonds is 3. The van der Waals surface area contributed by atoms with E-state index in [1.54, 1.807) is 11.3 Å². The molecule has 0 radical (unpaired) electrons. The largest absolute Gasteiger partial charge is 0.444 e. The number of carbonyl (C=O) groups excluding carboxylic acids is 2. The summed E-state index contributed by atoms with van der Waals surface area (Å²) in [7, 11) is 0. The maximum absolute atomic E-state index is 12.6. The Morgan fingerprint density at radius 3 is 2.57 bits per heavy atom. The van der Waals surface area contributed by atoms with Crippen molar-refractivity contribution < 1.29 is 14.3 Å². The van der Waals surface area contributed by atoms with Crippen LogP contribution in [-0.2, 0) is 9.53 Å². The van der Waals surface area contributed by atoms with Crippen molar-refractivity contribution in [3.8, 4) is 11.3 Å². The van der Waals surface area contributed by atoms with Crippen molar-refractivity contribution in [3.05, 3.63) is 34.7 Å². The van der Waals surface area contributed by atoms with E-state index in [-0.39, 0.29) is 18.0 Å². The van der Waals surface area contributed by atoms with Crippen molar-refractivity contribution in [2.75, 3.05) is 11.9 Å². The van der Waals surface area contributed by atoms with Crippen LogP contribution in [0.5, 0.6) is 0 Å². The van der Waals surface area contributed by atoms with Gasteiger partial charge < -0.3 is 10.1 Å². The second-order valence-electron chi connectivity index (χ2n) is 8.01. The van der Waals surface area contributed by atoms with E-state index in [2.05, 4.69) is 5.32 Å². The van der Waals surface area contributed by atoms with Gasteiger partial charge in [-0.2, -0.15) is 0 Å². The van der Waals surface area contributed by atoms with Gasteiger partial charge in [0.05, 0.1) is 11.7 Å². The Bertz CT molecular complexity index is 839. The Morgan fingerprint density at radius 2 is 1.93 bits per heavy atom. The molecule has 2 aromatic rings. The van der Waals surface area contributed by atoms with Gasteiger partial charge in [0.2, 0.25) is 5.91 Å². The van der Waals surface area contributed by atoms with E-state index in [9.17, 15) is 9.59 Å². The van der Waals surface area contributed by atoms with Crippen LogP contribution in [0.15, 0.2) is 29.6 Å². The maximum Gasteiger partial charge on any atom is 0.410 e. The zero-order chi connectivity index (χ0) is 20.3. The molecule has 0 saturated carbocycles. The average molecular weight is 402 g/mol. The quantitative estimate of drug-likeness (QED) is 0.764. The number of nitrogens with zero attached hydrogens (tertiary/aromatic N) is 2. The van der Waals surface area contributed by atoms with Crippen molar-refractivity contribution in [3.63, 3.8) is 0 Å². The smallest absolute Gasteiger partial charge is 0.410 e. The average Bonchev–Trinajstić information content (AvgIpc) is 3.10. The lowest BCUT2D eigenvalue weighted by atomic mass is 10.0. The van der Waals surface area contributed by atoms with Crippen LogP contribution in [0.3, 0.4) is 0 Å².